The van der Waals surface area contributed by atoms with Crippen molar-refractivity contribution >= 4 is 10.9 Å². The van der Waals surface area contributed by atoms with Gasteiger partial charge < -0.3 is 15.4 Å². The second-order valence-electron chi connectivity index (χ2n) is 7.26. The van der Waals surface area contributed by atoms with Crippen LogP contribution in [0.1, 0.15) is 41.3 Å². The average Bonchev–Trinajstić information content (AvgIpc) is 2.99. The van der Waals surface area contributed by atoms with Crippen LogP contribution in [0.3, 0.4) is 0 Å². The van der Waals surface area contributed by atoms with Crippen molar-refractivity contribution in [3.8, 4) is 0 Å². The molecule has 2 atom stereocenters. The number of aliphatic hydroxyl groups is 1. The van der Waals surface area contributed by atoms with Gasteiger partial charge in [0.15, 0.2) is 0 Å². The minimum absolute atomic E-state index is 0.307. The normalized spacial score (nSPS) is 18.2. The summed E-state index contributed by atoms with van der Waals surface area (Å²) >= 11 is 0. The lowest BCUT2D eigenvalue weighted by Crippen LogP contribution is -2.33. The summed E-state index contributed by atoms with van der Waals surface area (Å²) in [5.74, 6) is 0. The molecular formula is C22H26N2O. The molecule has 1 aliphatic rings. The Balaban J connectivity index is 1.47. The molecule has 0 amide bonds. The van der Waals surface area contributed by atoms with E-state index in [4.69, 9.17) is 0 Å². The van der Waals surface area contributed by atoms with Crippen molar-refractivity contribution in [2.45, 2.75) is 44.8 Å². The van der Waals surface area contributed by atoms with E-state index in [9.17, 15) is 5.11 Å². The smallest absolute Gasteiger partial charge is 0.0705 e. The fraction of sp³-hybridized carbons (Fsp3) is 0.364. The van der Waals surface area contributed by atoms with Gasteiger partial charge in [-0.25, -0.2) is 0 Å². The van der Waals surface area contributed by atoms with E-state index in [1.807, 2.05) is 18.2 Å². The van der Waals surface area contributed by atoms with Crippen molar-refractivity contribution in [1.29, 1.82) is 0 Å². The van der Waals surface area contributed by atoms with E-state index in [0.717, 1.165) is 12.8 Å². The maximum absolute atomic E-state index is 10.4. The maximum Gasteiger partial charge on any atom is 0.0705 e. The van der Waals surface area contributed by atoms with Crippen LogP contribution in [0.5, 0.6) is 0 Å². The van der Waals surface area contributed by atoms with Gasteiger partial charge in [-0.1, -0.05) is 42.0 Å². The Kier molecular flexibility index (Phi) is 4.60. The molecule has 0 aliphatic heterocycles. The van der Waals surface area contributed by atoms with Gasteiger partial charge in [-0.2, -0.15) is 0 Å². The van der Waals surface area contributed by atoms with Crippen molar-refractivity contribution in [3.63, 3.8) is 0 Å². The highest BCUT2D eigenvalue weighted by atomic mass is 16.3. The summed E-state index contributed by atoms with van der Waals surface area (Å²) < 4.78 is 0. The summed E-state index contributed by atoms with van der Waals surface area (Å²) in [6.45, 7) is 2.77. The monoisotopic (exact) mass is 334 g/mol. The van der Waals surface area contributed by atoms with Gasteiger partial charge in [-0.3, -0.25) is 0 Å². The second kappa shape index (κ2) is 7.03. The van der Waals surface area contributed by atoms with Crippen LogP contribution in [-0.4, -0.2) is 22.7 Å². The molecule has 130 valence electrons. The fourth-order valence-electron chi connectivity index (χ4n) is 4.02. The van der Waals surface area contributed by atoms with Crippen LogP contribution < -0.4 is 5.32 Å². The quantitative estimate of drug-likeness (QED) is 0.659. The third kappa shape index (κ3) is 3.48. The molecule has 0 saturated carbocycles. The molecule has 1 heterocycles. The SMILES string of the molecule is Cc1ccc2[nH]c3c(c2c1)CCC[C@@H]3NC[C@H](O)Cc1ccccc1. The van der Waals surface area contributed by atoms with E-state index >= 15 is 0 Å². The first-order valence-electron chi connectivity index (χ1n) is 9.27. The lowest BCUT2D eigenvalue weighted by molar-refractivity contribution is 0.165. The summed E-state index contributed by atoms with van der Waals surface area (Å²) in [5.41, 5.74) is 6.50. The molecule has 0 bridgehead atoms. The second-order valence-corrected chi connectivity index (χ2v) is 7.26. The zero-order chi connectivity index (χ0) is 17.2. The Hall–Kier alpha value is -2.10. The van der Waals surface area contributed by atoms with Gasteiger partial charge in [0.05, 0.1) is 6.10 Å². The summed E-state index contributed by atoms with van der Waals surface area (Å²) in [5, 5.41) is 15.3. The van der Waals surface area contributed by atoms with E-state index in [1.165, 1.54) is 39.7 Å². The van der Waals surface area contributed by atoms with Gasteiger partial charge in [0, 0.05) is 29.2 Å². The minimum Gasteiger partial charge on any atom is -0.391 e. The first kappa shape index (κ1) is 16.4. The molecule has 0 fully saturated rings. The largest absolute Gasteiger partial charge is 0.391 e. The van der Waals surface area contributed by atoms with Crippen LogP contribution in [-0.2, 0) is 12.8 Å². The Morgan fingerprint density at radius 1 is 1.20 bits per heavy atom. The summed E-state index contributed by atoms with van der Waals surface area (Å²) in [6, 6.07) is 17.1. The zero-order valence-electron chi connectivity index (χ0n) is 14.8. The molecule has 0 radical (unpaired) electrons. The number of aromatic amines is 1. The maximum atomic E-state index is 10.4. The lowest BCUT2D eigenvalue weighted by atomic mass is 9.91. The van der Waals surface area contributed by atoms with E-state index in [-0.39, 0.29) is 6.10 Å². The number of hydrogen-bond donors (Lipinski definition) is 3. The molecule has 3 aromatic rings. The topological polar surface area (TPSA) is 48.0 Å². The van der Waals surface area contributed by atoms with Gasteiger partial charge in [0.25, 0.3) is 0 Å². The molecule has 25 heavy (non-hydrogen) atoms. The molecule has 2 aromatic carbocycles. The minimum atomic E-state index is -0.362. The van der Waals surface area contributed by atoms with Crippen LogP contribution in [0.4, 0.5) is 0 Å². The molecule has 4 rings (SSSR count). The summed E-state index contributed by atoms with van der Waals surface area (Å²) in [6.07, 6.45) is 3.79. The number of rotatable bonds is 5. The first-order chi connectivity index (χ1) is 12.2. The number of nitrogens with one attached hydrogen (secondary N) is 2. The number of aryl methyl sites for hydroxylation is 2. The number of aliphatic hydroxyl groups excluding tert-OH is 1. The molecule has 1 aromatic heterocycles. The molecule has 3 heteroatoms. The van der Waals surface area contributed by atoms with Crippen LogP contribution in [0.15, 0.2) is 48.5 Å². The average molecular weight is 334 g/mol. The Morgan fingerprint density at radius 3 is 2.88 bits per heavy atom. The highest BCUT2D eigenvalue weighted by Gasteiger charge is 2.24. The summed E-state index contributed by atoms with van der Waals surface area (Å²) in [4.78, 5) is 3.62. The molecule has 0 saturated heterocycles. The van der Waals surface area contributed by atoms with Crippen molar-refractivity contribution in [3.05, 3.63) is 70.9 Å². The van der Waals surface area contributed by atoms with Crippen LogP contribution in [0.25, 0.3) is 10.9 Å². The van der Waals surface area contributed by atoms with Crippen molar-refractivity contribution < 1.29 is 5.11 Å². The third-order valence-corrected chi connectivity index (χ3v) is 5.28. The standard InChI is InChI=1S/C22H26N2O/c1-15-10-11-20-19(12-15)18-8-5-9-21(22(18)24-20)23-14-17(25)13-16-6-3-2-4-7-16/h2-4,6-7,10-12,17,21,23-25H,5,8-9,13-14H2,1H3/t17-,21+/m1/s1. The Morgan fingerprint density at radius 2 is 2.04 bits per heavy atom. The fourth-order valence-corrected chi connectivity index (χ4v) is 4.02. The van der Waals surface area contributed by atoms with Gasteiger partial charge >= 0.3 is 0 Å². The van der Waals surface area contributed by atoms with E-state index in [1.54, 1.807) is 0 Å². The zero-order valence-corrected chi connectivity index (χ0v) is 14.8. The number of fused-ring (bicyclic) bond motifs is 3. The molecule has 1 aliphatic carbocycles. The first-order valence-corrected chi connectivity index (χ1v) is 9.27. The molecule has 0 spiro atoms. The van der Waals surface area contributed by atoms with Gasteiger partial charge in [0.1, 0.15) is 0 Å². The van der Waals surface area contributed by atoms with Crippen molar-refractivity contribution in [1.82, 2.24) is 10.3 Å². The predicted octanol–water partition coefficient (Wildman–Crippen LogP) is 4.05. The van der Waals surface area contributed by atoms with Gasteiger partial charge in [-0.05, 0) is 55.9 Å². The Bertz CT molecular complexity index is 853. The van der Waals surface area contributed by atoms with Crippen LogP contribution in [0.2, 0.25) is 0 Å². The van der Waals surface area contributed by atoms with Crippen LogP contribution >= 0.6 is 0 Å². The molecular weight excluding hydrogens is 308 g/mol. The number of aromatic nitrogens is 1. The number of benzene rings is 2. The highest BCUT2D eigenvalue weighted by Crippen LogP contribution is 2.35. The third-order valence-electron chi connectivity index (χ3n) is 5.28. The van der Waals surface area contributed by atoms with Crippen molar-refractivity contribution in [2.24, 2.45) is 0 Å². The molecule has 3 nitrogen and oxygen atoms in total. The predicted molar refractivity (Wildman–Crippen MR) is 103 cm³/mol. The van der Waals surface area contributed by atoms with E-state index in [2.05, 4.69) is 47.6 Å². The van der Waals surface area contributed by atoms with E-state index < -0.39 is 0 Å². The molecule has 3 N–H and O–H groups in total. The van der Waals surface area contributed by atoms with Gasteiger partial charge in [0.2, 0.25) is 0 Å². The lowest BCUT2D eigenvalue weighted by Gasteiger charge is -2.25. The Labute approximate surface area is 149 Å². The molecule has 0 unspecified atom stereocenters. The highest BCUT2D eigenvalue weighted by molar-refractivity contribution is 5.85. The van der Waals surface area contributed by atoms with Crippen molar-refractivity contribution in [2.75, 3.05) is 6.54 Å². The van der Waals surface area contributed by atoms with Crippen LogP contribution in [0, 0.1) is 6.92 Å². The number of hydrogen-bond acceptors (Lipinski definition) is 2. The summed E-state index contributed by atoms with van der Waals surface area (Å²) in [7, 11) is 0. The number of H-pyrrole nitrogens is 1. The van der Waals surface area contributed by atoms with E-state index in [0.29, 0.717) is 19.0 Å². The van der Waals surface area contributed by atoms with Gasteiger partial charge in [-0.15, -0.1) is 0 Å².